The Hall–Kier alpha value is -6.34. The van der Waals surface area contributed by atoms with Crippen molar-refractivity contribution in [3.63, 3.8) is 0 Å². The lowest BCUT2D eigenvalue weighted by atomic mass is 10.1. The van der Waals surface area contributed by atoms with Crippen LogP contribution in [0.2, 0.25) is 0 Å². The molecule has 0 bridgehead atoms. The van der Waals surface area contributed by atoms with Gasteiger partial charge in [-0.3, -0.25) is 14.5 Å². The molecule has 0 radical (unpaired) electrons. The molecule has 0 atom stereocenters. The molecule has 232 valence electrons. The third-order valence-corrected chi connectivity index (χ3v) is 8.20. The Morgan fingerprint density at radius 2 is 1.04 bits per heavy atom. The van der Waals surface area contributed by atoms with E-state index in [1.807, 2.05) is 122 Å². The first-order valence-corrected chi connectivity index (χ1v) is 16.0. The fraction of sp³-hybridized carbons (Fsp3) is 0.0732. The zero-order valence-electron chi connectivity index (χ0n) is 26.3. The predicted molar refractivity (Wildman–Crippen MR) is 190 cm³/mol. The number of aromatic nitrogens is 5. The van der Waals surface area contributed by atoms with Crippen molar-refractivity contribution < 1.29 is 9.47 Å². The number of ether oxygens (including phenoxy) is 2. The van der Waals surface area contributed by atoms with Crippen LogP contribution in [0.15, 0.2) is 146 Å². The van der Waals surface area contributed by atoms with Crippen LogP contribution in [0.4, 0.5) is 0 Å². The number of hydrogen-bond donors (Lipinski definition) is 0. The van der Waals surface area contributed by atoms with Crippen molar-refractivity contribution in [2.24, 2.45) is 0 Å². The molecule has 4 aromatic carbocycles. The summed E-state index contributed by atoms with van der Waals surface area (Å²) in [5.41, 5.74) is 6.73. The summed E-state index contributed by atoms with van der Waals surface area (Å²) in [7, 11) is 0. The average molecular weight is 626 g/mol. The maximum absolute atomic E-state index is 6.43. The molecule has 0 aliphatic heterocycles. The quantitative estimate of drug-likeness (QED) is 0.159. The third kappa shape index (κ3) is 5.85. The van der Waals surface area contributed by atoms with Crippen molar-refractivity contribution in [2.75, 3.05) is 0 Å². The molecule has 0 N–H and O–H groups in total. The monoisotopic (exact) mass is 625 g/mol. The van der Waals surface area contributed by atoms with Gasteiger partial charge in [-0.1, -0.05) is 49.7 Å². The molecule has 4 heterocycles. The topological polar surface area (TPSA) is 75.0 Å². The summed E-state index contributed by atoms with van der Waals surface area (Å²) in [5, 5.41) is 2.12. The van der Waals surface area contributed by atoms with Crippen molar-refractivity contribution in [3.8, 4) is 51.5 Å². The number of fused-ring (bicyclic) bond motifs is 3. The van der Waals surface area contributed by atoms with E-state index in [4.69, 9.17) is 19.4 Å². The van der Waals surface area contributed by atoms with Gasteiger partial charge >= 0.3 is 0 Å². The SMILES string of the molecule is CCCc1cnc(-n2c3cc(Oc4cccc(-c5ccccn5)c4)ccc3c3ccc(Oc4cccc(-c5ccccn5)c4)cc32)nc1. The Balaban J connectivity index is 1.20. The summed E-state index contributed by atoms with van der Waals surface area (Å²) in [6.45, 7) is 2.15. The van der Waals surface area contributed by atoms with E-state index in [1.165, 1.54) is 0 Å². The molecule has 0 unspecified atom stereocenters. The van der Waals surface area contributed by atoms with Crippen LogP contribution in [0.5, 0.6) is 23.0 Å². The molecule has 0 saturated heterocycles. The van der Waals surface area contributed by atoms with E-state index in [0.717, 1.165) is 74.2 Å². The molecule has 7 nitrogen and oxygen atoms in total. The molecule has 0 spiro atoms. The fourth-order valence-electron chi connectivity index (χ4n) is 5.98. The van der Waals surface area contributed by atoms with Crippen LogP contribution >= 0.6 is 0 Å². The molecule has 0 fully saturated rings. The minimum Gasteiger partial charge on any atom is -0.457 e. The molecule has 8 aromatic rings. The molecule has 0 aliphatic carbocycles. The fourth-order valence-corrected chi connectivity index (χ4v) is 5.98. The lowest BCUT2D eigenvalue weighted by Gasteiger charge is -2.10. The predicted octanol–water partition coefficient (Wildman–Crippen LogP) is 10.2. The Morgan fingerprint density at radius 3 is 1.52 bits per heavy atom. The smallest absolute Gasteiger partial charge is 0.234 e. The third-order valence-electron chi connectivity index (χ3n) is 8.20. The largest absolute Gasteiger partial charge is 0.457 e. The van der Waals surface area contributed by atoms with Gasteiger partial charge in [0.25, 0.3) is 0 Å². The summed E-state index contributed by atoms with van der Waals surface area (Å²) >= 11 is 0. The molecular formula is C41H31N5O2. The van der Waals surface area contributed by atoms with Gasteiger partial charge in [0.2, 0.25) is 5.95 Å². The van der Waals surface area contributed by atoms with Crippen molar-refractivity contribution in [3.05, 3.63) is 152 Å². The molecule has 0 amide bonds. The number of benzene rings is 4. The van der Waals surface area contributed by atoms with Crippen LogP contribution in [-0.2, 0) is 6.42 Å². The molecule has 7 heteroatoms. The van der Waals surface area contributed by atoms with E-state index in [2.05, 4.69) is 33.6 Å². The lowest BCUT2D eigenvalue weighted by Crippen LogP contribution is -2.02. The van der Waals surface area contributed by atoms with Gasteiger partial charge < -0.3 is 9.47 Å². The average Bonchev–Trinajstić information content (AvgIpc) is 3.46. The highest BCUT2D eigenvalue weighted by atomic mass is 16.5. The molecule has 0 aliphatic rings. The standard InChI is InChI=1S/C41H31N5O2/c1-2-9-28-26-44-41(45-27-28)46-39-24-33(47-31-12-7-10-29(22-31)37-14-3-5-20-42-37)16-18-35(39)36-19-17-34(25-40(36)46)48-32-13-8-11-30(23-32)38-15-4-6-21-43-38/h3-8,10-27H,2,9H2,1H3. The number of rotatable bonds is 9. The van der Waals surface area contributed by atoms with Crippen LogP contribution in [-0.4, -0.2) is 24.5 Å². The van der Waals surface area contributed by atoms with Gasteiger partial charge in [-0.2, -0.15) is 0 Å². The van der Waals surface area contributed by atoms with Crippen molar-refractivity contribution >= 4 is 21.8 Å². The zero-order valence-corrected chi connectivity index (χ0v) is 26.3. The van der Waals surface area contributed by atoms with Gasteiger partial charge in [-0.15, -0.1) is 0 Å². The van der Waals surface area contributed by atoms with Gasteiger partial charge in [0, 0.05) is 58.8 Å². The highest BCUT2D eigenvalue weighted by Gasteiger charge is 2.17. The molecule has 4 aromatic heterocycles. The Kier molecular flexibility index (Phi) is 7.76. The van der Waals surface area contributed by atoms with E-state index in [0.29, 0.717) is 17.4 Å². The van der Waals surface area contributed by atoms with Crippen molar-refractivity contribution in [1.82, 2.24) is 24.5 Å². The van der Waals surface area contributed by atoms with Gasteiger partial charge in [0.05, 0.1) is 22.4 Å². The first kappa shape index (κ1) is 29.1. The Labute approximate surface area is 278 Å². The normalized spacial score (nSPS) is 11.2. The molecule has 48 heavy (non-hydrogen) atoms. The van der Waals surface area contributed by atoms with Crippen LogP contribution < -0.4 is 9.47 Å². The summed E-state index contributed by atoms with van der Waals surface area (Å²) in [4.78, 5) is 18.6. The number of hydrogen-bond acceptors (Lipinski definition) is 6. The first-order chi connectivity index (χ1) is 23.7. The van der Waals surface area contributed by atoms with Crippen molar-refractivity contribution in [1.29, 1.82) is 0 Å². The summed E-state index contributed by atoms with van der Waals surface area (Å²) < 4.78 is 14.9. The molecule has 8 rings (SSSR count). The van der Waals surface area contributed by atoms with Crippen LogP contribution in [0.25, 0.3) is 50.3 Å². The number of pyridine rings is 2. The highest BCUT2D eigenvalue weighted by molar-refractivity contribution is 6.09. The minimum absolute atomic E-state index is 0.582. The summed E-state index contributed by atoms with van der Waals surface area (Å²) in [6.07, 6.45) is 9.37. The van der Waals surface area contributed by atoms with Gasteiger partial charge in [-0.25, -0.2) is 9.97 Å². The molecular weight excluding hydrogens is 594 g/mol. The number of nitrogens with zero attached hydrogens (tertiary/aromatic N) is 5. The maximum atomic E-state index is 6.43. The van der Waals surface area contributed by atoms with Crippen molar-refractivity contribution in [2.45, 2.75) is 19.8 Å². The van der Waals surface area contributed by atoms with Crippen LogP contribution in [0.1, 0.15) is 18.9 Å². The van der Waals surface area contributed by atoms with E-state index < -0.39 is 0 Å². The van der Waals surface area contributed by atoms with E-state index in [9.17, 15) is 0 Å². The summed E-state index contributed by atoms with van der Waals surface area (Å²) in [5.74, 6) is 3.44. The first-order valence-electron chi connectivity index (χ1n) is 16.0. The van der Waals surface area contributed by atoms with Gasteiger partial charge in [-0.05, 0) is 84.8 Å². The maximum Gasteiger partial charge on any atom is 0.234 e. The Bertz CT molecular complexity index is 2210. The second kappa shape index (κ2) is 12.8. The second-order valence-electron chi connectivity index (χ2n) is 11.5. The minimum atomic E-state index is 0.582. The van der Waals surface area contributed by atoms with Gasteiger partial charge in [0.1, 0.15) is 23.0 Å². The lowest BCUT2D eigenvalue weighted by molar-refractivity contribution is 0.483. The number of aryl methyl sites for hydroxylation is 1. The van der Waals surface area contributed by atoms with Crippen LogP contribution in [0, 0.1) is 0 Å². The summed E-state index contributed by atoms with van der Waals surface area (Å²) in [6, 6.07) is 40.0. The van der Waals surface area contributed by atoms with E-state index in [1.54, 1.807) is 12.4 Å². The highest BCUT2D eigenvalue weighted by Crippen LogP contribution is 2.38. The Morgan fingerprint density at radius 1 is 0.521 bits per heavy atom. The zero-order chi connectivity index (χ0) is 32.3. The van der Waals surface area contributed by atoms with Crippen LogP contribution in [0.3, 0.4) is 0 Å². The molecule has 0 saturated carbocycles. The van der Waals surface area contributed by atoms with E-state index in [-0.39, 0.29) is 0 Å². The van der Waals surface area contributed by atoms with E-state index >= 15 is 0 Å². The van der Waals surface area contributed by atoms with Gasteiger partial charge in [0.15, 0.2) is 0 Å². The second-order valence-corrected chi connectivity index (χ2v) is 11.5.